The lowest BCUT2D eigenvalue weighted by Crippen LogP contribution is -2.34. The summed E-state index contributed by atoms with van der Waals surface area (Å²) in [6, 6.07) is 8.21. The summed E-state index contributed by atoms with van der Waals surface area (Å²) in [7, 11) is 0. The summed E-state index contributed by atoms with van der Waals surface area (Å²) in [5.41, 5.74) is 7.53. The van der Waals surface area contributed by atoms with Crippen LogP contribution in [0.4, 0.5) is 11.4 Å². The first-order valence-electron chi connectivity index (χ1n) is 6.02. The van der Waals surface area contributed by atoms with Gasteiger partial charge in [-0.05, 0) is 37.1 Å². The van der Waals surface area contributed by atoms with E-state index in [4.69, 9.17) is 5.73 Å². The van der Waals surface area contributed by atoms with E-state index in [1.807, 2.05) is 24.3 Å². The van der Waals surface area contributed by atoms with Crippen molar-refractivity contribution < 1.29 is 5.11 Å². The van der Waals surface area contributed by atoms with Gasteiger partial charge in [-0.2, -0.15) is 0 Å². The number of nitrogen functional groups attached to an aromatic ring is 1. The molecule has 2 rings (SSSR count). The molecule has 1 fully saturated rings. The number of aliphatic hydroxyl groups excluding tert-OH is 1. The molecule has 1 saturated carbocycles. The molecule has 3 nitrogen and oxygen atoms in total. The number of aliphatic hydroxyl groups is 1. The second-order valence-electron chi connectivity index (χ2n) is 4.60. The molecule has 0 spiro atoms. The molecule has 0 radical (unpaired) electrons. The van der Waals surface area contributed by atoms with Crippen molar-refractivity contribution in [3.8, 4) is 0 Å². The van der Waals surface area contributed by atoms with Crippen LogP contribution in [0.5, 0.6) is 0 Å². The van der Waals surface area contributed by atoms with Crippen LogP contribution in [0.1, 0.15) is 25.7 Å². The third-order valence-corrected chi connectivity index (χ3v) is 3.41. The molecule has 16 heavy (non-hydrogen) atoms. The van der Waals surface area contributed by atoms with E-state index in [1.54, 1.807) is 0 Å². The van der Waals surface area contributed by atoms with E-state index in [0.717, 1.165) is 24.2 Å². The zero-order valence-corrected chi connectivity index (χ0v) is 9.52. The molecule has 4 N–H and O–H groups in total. The minimum absolute atomic E-state index is 0.284. The van der Waals surface area contributed by atoms with Gasteiger partial charge in [-0.25, -0.2) is 0 Å². The second-order valence-corrected chi connectivity index (χ2v) is 4.60. The molecule has 0 heterocycles. The summed E-state index contributed by atoms with van der Waals surface area (Å²) in [5.74, 6) is 0.395. The van der Waals surface area contributed by atoms with Crippen molar-refractivity contribution in [2.24, 2.45) is 5.92 Å². The quantitative estimate of drug-likeness (QED) is 0.685. The molecular weight excluding hydrogens is 200 g/mol. The number of benzene rings is 1. The van der Waals surface area contributed by atoms with Crippen LogP contribution in [0.3, 0.4) is 0 Å². The average Bonchev–Trinajstić information content (AvgIpc) is 2.33. The van der Waals surface area contributed by atoms with Crippen molar-refractivity contribution in [3.63, 3.8) is 0 Å². The predicted molar refractivity (Wildman–Crippen MR) is 67.3 cm³/mol. The standard InChI is InChI=1S/C13H20N2O/c14-11-5-7-12(8-6-11)15-13-4-2-1-3-10(13)9-16/h5-8,10,13,15-16H,1-4,9,14H2. The van der Waals surface area contributed by atoms with Gasteiger partial charge in [0.2, 0.25) is 0 Å². The van der Waals surface area contributed by atoms with Crippen molar-refractivity contribution in [3.05, 3.63) is 24.3 Å². The average molecular weight is 220 g/mol. The predicted octanol–water partition coefficient (Wildman–Crippen LogP) is 2.23. The van der Waals surface area contributed by atoms with Crippen LogP contribution >= 0.6 is 0 Å². The smallest absolute Gasteiger partial charge is 0.0478 e. The Balaban J connectivity index is 1.99. The highest BCUT2D eigenvalue weighted by Crippen LogP contribution is 2.27. The number of nitrogens with one attached hydrogen (secondary N) is 1. The zero-order valence-electron chi connectivity index (χ0n) is 9.52. The van der Waals surface area contributed by atoms with Gasteiger partial charge in [0.05, 0.1) is 0 Å². The number of nitrogens with two attached hydrogens (primary N) is 1. The third kappa shape index (κ3) is 2.67. The van der Waals surface area contributed by atoms with Crippen LogP contribution < -0.4 is 11.1 Å². The summed E-state index contributed by atoms with van der Waals surface area (Å²) in [5, 5.41) is 12.8. The molecule has 1 aliphatic rings. The van der Waals surface area contributed by atoms with E-state index in [0.29, 0.717) is 12.0 Å². The third-order valence-electron chi connectivity index (χ3n) is 3.41. The Hall–Kier alpha value is -1.22. The normalized spacial score (nSPS) is 25.3. The van der Waals surface area contributed by atoms with Crippen molar-refractivity contribution >= 4 is 11.4 Å². The first-order chi connectivity index (χ1) is 7.79. The fourth-order valence-corrected chi connectivity index (χ4v) is 2.41. The lowest BCUT2D eigenvalue weighted by molar-refractivity contribution is 0.178. The molecule has 0 saturated heterocycles. The molecule has 2 atom stereocenters. The summed E-state index contributed by atoms with van der Waals surface area (Å²) < 4.78 is 0. The minimum Gasteiger partial charge on any atom is -0.399 e. The maximum Gasteiger partial charge on any atom is 0.0478 e. The molecular formula is C13H20N2O. The first kappa shape index (κ1) is 11.3. The Labute approximate surface area is 96.7 Å². The molecule has 0 bridgehead atoms. The van der Waals surface area contributed by atoms with E-state index < -0.39 is 0 Å². The Morgan fingerprint density at radius 2 is 1.88 bits per heavy atom. The molecule has 1 aliphatic carbocycles. The van der Waals surface area contributed by atoms with E-state index in [-0.39, 0.29) is 6.61 Å². The van der Waals surface area contributed by atoms with Gasteiger partial charge < -0.3 is 16.2 Å². The number of hydrogen-bond acceptors (Lipinski definition) is 3. The maximum atomic E-state index is 9.32. The van der Waals surface area contributed by atoms with Crippen molar-refractivity contribution in [2.45, 2.75) is 31.7 Å². The van der Waals surface area contributed by atoms with Crippen LogP contribution in [0.2, 0.25) is 0 Å². The summed E-state index contributed by atoms with van der Waals surface area (Å²) in [4.78, 5) is 0. The maximum absolute atomic E-state index is 9.32. The Morgan fingerprint density at radius 3 is 2.56 bits per heavy atom. The zero-order chi connectivity index (χ0) is 11.4. The minimum atomic E-state index is 0.284. The van der Waals surface area contributed by atoms with Gasteiger partial charge in [0.15, 0.2) is 0 Å². The van der Waals surface area contributed by atoms with E-state index in [1.165, 1.54) is 12.8 Å². The second kappa shape index (κ2) is 5.21. The number of anilines is 2. The molecule has 3 heteroatoms. The highest BCUT2D eigenvalue weighted by Gasteiger charge is 2.23. The molecule has 0 amide bonds. The van der Waals surface area contributed by atoms with Crippen molar-refractivity contribution in [1.82, 2.24) is 0 Å². The molecule has 1 aromatic carbocycles. The Kier molecular flexibility index (Phi) is 3.67. The molecule has 0 aliphatic heterocycles. The fourth-order valence-electron chi connectivity index (χ4n) is 2.41. The van der Waals surface area contributed by atoms with Gasteiger partial charge in [0, 0.05) is 29.9 Å². The van der Waals surface area contributed by atoms with Crippen LogP contribution in [-0.4, -0.2) is 17.8 Å². The van der Waals surface area contributed by atoms with Crippen LogP contribution in [-0.2, 0) is 0 Å². The largest absolute Gasteiger partial charge is 0.399 e. The van der Waals surface area contributed by atoms with Crippen LogP contribution in [0.25, 0.3) is 0 Å². The highest BCUT2D eigenvalue weighted by atomic mass is 16.3. The number of hydrogen-bond donors (Lipinski definition) is 3. The van der Waals surface area contributed by atoms with Gasteiger partial charge in [0.25, 0.3) is 0 Å². The summed E-state index contributed by atoms with van der Waals surface area (Å²) >= 11 is 0. The van der Waals surface area contributed by atoms with Gasteiger partial charge in [0.1, 0.15) is 0 Å². The summed E-state index contributed by atoms with van der Waals surface area (Å²) in [6.07, 6.45) is 4.77. The van der Waals surface area contributed by atoms with Crippen molar-refractivity contribution in [2.75, 3.05) is 17.7 Å². The van der Waals surface area contributed by atoms with Crippen LogP contribution in [0, 0.1) is 5.92 Å². The first-order valence-corrected chi connectivity index (χ1v) is 6.02. The fraction of sp³-hybridized carbons (Fsp3) is 0.538. The Bertz CT molecular complexity index is 323. The molecule has 88 valence electrons. The lowest BCUT2D eigenvalue weighted by atomic mass is 9.85. The van der Waals surface area contributed by atoms with Gasteiger partial charge in [-0.3, -0.25) is 0 Å². The lowest BCUT2D eigenvalue weighted by Gasteiger charge is -2.31. The van der Waals surface area contributed by atoms with E-state index in [2.05, 4.69) is 5.32 Å². The van der Waals surface area contributed by atoms with E-state index in [9.17, 15) is 5.11 Å². The molecule has 1 aromatic rings. The van der Waals surface area contributed by atoms with E-state index >= 15 is 0 Å². The number of rotatable bonds is 3. The highest BCUT2D eigenvalue weighted by molar-refractivity contribution is 5.51. The molecule has 0 aromatic heterocycles. The SMILES string of the molecule is Nc1ccc(NC2CCCCC2CO)cc1. The van der Waals surface area contributed by atoms with Gasteiger partial charge in [-0.15, -0.1) is 0 Å². The van der Waals surface area contributed by atoms with Gasteiger partial charge >= 0.3 is 0 Å². The van der Waals surface area contributed by atoms with Crippen LogP contribution in [0.15, 0.2) is 24.3 Å². The molecule has 2 unspecified atom stereocenters. The van der Waals surface area contributed by atoms with Gasteiger partial charge in [-0.1, -0.05) is 12.8 Å². The topological polar surface area (TPSA) is 58.3 Å². The summed E-state index contributed by atoms with van der Waals surface area (Å²) in [6.45, 7) is 0.284. The monoisotopic (exact) mass is 220 g/mol. The Morgan fingerprint density at radius 1 is 1.19 bits per heavy atom. The van der Waals surface area contributed by atoms with Crippen molar-refractivity contribution in [1.29, 1.82) is 0 Å².